The van der Waals surface area contributed by atoms with Crippen LogP contribution in [0.5, 0.6) is 0 Å². The highest BCUT2D eigenvalue weighted by molar-refractivity contribution is 6.32. The van der Waals surface area contributed by atoms with Gasteiger partial charge in [0.2, 0.25) is 5.91 Å². The zero-order valence-electron chi connectivity index (χ0n) is 14.3. The van der Waals surface area contributed by atoms with Crippen molar-refractivity contribution in [2.75, 3.05) is 7.05 Å². The van der Waals surface area contributed by atoms with Crippen LogP contribution < -0.4 is 0 Å². The number of hydrogen-bond acceptors (Lipinski definition) is 3. The third-order valence-electron chi connectivity index (χ3n) is 3.88. The summed E-state index contributed by atoms with van der Waals surface area (Å²) >= 11 is 5.74. The van der Waals surface area contributed by atoms with Crippen LogP contribution in [0.25, 0.3) is 0 Å². The normalized spacial score (nSPS) is 13.1. The predicted octanol–water partition coefficient (Wildman–Crippen LogP) is 3.30. The second-order valence-corrected chi connectivity index (χ2v) is 6.14. The lowest BCUT2D eigenvalue weighted by atomic mass is 10.2. The molecule has 25 heavy (non-hydrogen) atoms. The van der Waals surface area contributed by atoms with E-state index in [1.54, 1.807) is 17.9 Å². The average Bonchev–Trinajstić information content (AvgIpc) is 3.11. The molecule has 0 unspecified atom stereocenters. The molecule has 0 bridgehead atoms. The minimum atomic E-state index is -4.67. The molecule has 2 rings (SSSR count). The molecule has 0 aliphatic heterocycles. The number of aryl methyl sites for hydroxylation is 1. The third kappa shape index (κ3) is 3.97. The number of carbonyl (C=O) groups is 1. The summed E-state index contributed by atoms with van der Waals surface area (Å²) in [6.45, 7) is 5.84. The van der Waals surface area contributed by atoms with Crippen molar-refractivity contribution in [2.45, 2.75) is 46.1 Å². The number of alkyl halides is 3. The molecule has 10 heteroatoms. The Kier molecular flexibility index (Phi) is 5.46. The van der Waals surface area contributed by atoms with E-state index >= 15 is 0 Å². The lowest BCUT2D eigenvalue weighted by Gasteiger charge is -2.22. The summed E-state index contributed by atoms with van der Waals surface area (Å²) in [6, 6.07) is -0.917. The van der Waals surface area contributed by atoms with E-state index in [4.69, 9.17) is 11.6 Å². The van der Waals surface area contributed by atoms with Crippen molar-refractivity contribution in [1.82, 2.24) is 24.5 Å². The Balaban J connectivity index is 2.19. The van der Waals surface area contributed by atoms with Crippen molar-refractivity contribution < 1.29 is 18.0 Å². The zero-order valence-corrected chi connectivity index (χ0v) is 15.1. The lowest BCUT2D eigenvalue weighted by Crippen LogP contribution is -2.33. The van der Waals surface area contributed by atoms with Crippen molar-refractivity contribution in [1.29, 1.82) is 0 Å². The number of halogens is 4. The molecule has 0 spiro atoms. The Morgan fingerprint density at radius 1 is 1.44 bits per heavy atom. The van der Waals surface area contributed by atoms with E-state index in [2.05, 4.69) is 10.2 Å². The minimum Gasteiger partial charge on any atom is -0.339 e. The Bertz CT molecular complexity index is 768. The number of likely N-dealkylation sites (N-methyl/N-ethyl adjacent to an activating group) is 1. The van der Waals surface area contributed by atoms with Gasteiger partial charge in [-0.1, -0.05) is 11.6 Å². The lowest BCUT2D eigenvalue weighted by molar-refractivity contribution is -0.142. The molecule has 2 heterocycles. The molecule has 0 saturated carbocycles. The van der Waals surface area contributed by atoms with Gasteiger partial charge in [0, 0.05) is 31.9 Å². The first-order valence-corrected chi connectivity index (χ1v) is 8.02. The van der Waals surface area contributed by atoms with E-state index in [1.165, 1.54) is 18.7 Å². The SMILES string of the molecule is CCn1cc(CN(C)C(=O)[C@H](C)n2nc(C(F)(F)F)c(Cl)c2C)cn1. The first-order valence-electron chi connectivity index (χ1n) is 7.64. The summed E-state index contributed by atoms with van der Waals surface area (Å²) < 4.78 is 41.5. The van der Waals surface area contributed by atoms with E-state index in [-0.39, 0.29) is 11.6 Å². The Morgan fingerprint density at radius 2 is 2.08 bits per heavy atom. The second-order valence-electron chi connectivity index (χ2n) is 5.76. The maximum absolute atomic E-state index is 12.9. The van der Waals surface area contributed by atoms with Gasteiger partial charge in [0.15, 0.2) is 5.69 Å². The van der Waals surface area contributed by atoms with Crippen molar-refractivity contribution in [3.8, 4) is 0 Å². The van der Waals surface area contributed by atoms with Gasteiger partial charge in [0.25, 0.3) is 0 Å². The van der Waals surface area contributed by atoms with Crippen molar-refractivity contribution in [3.05, 3.63) is 34.4 Å². The summed E-state index contributed by atoms with van der Waals surface area (Å²) in [7, 11) is 1.58. The highest BCUT2D eigenvalue weighted by Crippen LogP contribution is 2.36. The van der Waals surface area contributed by atoms with Crippen LogP contribution in [-0.4, -0.2) is 37.4 Å². The quantitative estimate of drug-likeness (QED) is 0.803. The molecular weight excluding hydrogens is 359 g/mol. The summed E-state index contributed by atoms with van der Waals surface area (Å²) in [5.74, 6) is -0.375. The van der Waals surface area contributed by atoms with Crippen molar-refractivity contribution >= 4 is 17.5 Å². The van der Waals surface area contributed by atoms with Crippen LogP contribution in [0.15, 0.2) is 12.4 Å². The van der Waals surface area contributed by atoms with E-state index in [9.17, 15) is 18.0 Å². The molecule has 0 N–H and O–H groups in total. The summed E-state index contributed by atoms with van der Waals surface area (Å²) in [6.07, 6.45) is -1.21. The number of nitrogens with zero attached hydrogens (tertiary/aromatic N) is 5. The van der Waals surface area contributed by atoms with Crippen LogP contribution in [0.3, 0.4) is 0 Å². The maximum Gasteiger partial charge on any atom is 0.436 e. The Labute approximate surface area is 148 Å². The van der Waals surface area contributed by atoms with Crippen molar-refractivity contribution in [3.63, 3.8) is 0 Å². The topological polar surface area (TPSA) is 56.0 Å². The number of hydrogen-bond donors (Lipinski definition) is 0. The van der Waals surface area contributed by atoms with E-state index in [0.717, 1.165) is 10.2 Å². The van der Waals surface area contributed by atoms with Gasteiger partial charge in [-0.05, 0) is 20.8 Å². The summed E-state index contributed by atoms with van der Waals surface area (Å²) in [5.41, 5.74) is -0.253. The van der Waals surface area contributed by atoms with Gasteiger partial charge in [0.05, 0.1) is 16.9 Å². The largest absolute Gasteiger partial charge is 0.436 e. The number of rotatable bonds is 5. The highest BCUT2D eigenvalue weighted by atomic mass is 35.5. The van der Waals surface area contributed by atoms with E-state index in [0.29, 0.717) is 13.1 Å². The first-order chi connectivity index (χ1) is 11.6. The fourth-order valence-electron chi connectivity index (χ4n) is 2.49. The van der Waals surface area contributed by atoms with Gasteiger partial charge < -0.3 is 4.90 Å². The molecule has 0 aliphatic rings. The predicted molar refractivity (Wildman–Crippen MR) is 86.1 cm³/mol. The monoisotopic (exact) mass is 377 g/mol. The summed E-state index contributed by atoms with van der Waals surface area (Å²) in [5, 5.41) is 7.14. The second kappa shape index (κ2) is 7.07. The van der Waals surface area contributed by atoms with Crippen LogP contribution in [0.4, 0.5) is 13.2 Å². The molecule has 0 fully saturated rings. The molecule has 2 aromatic rings. The molecule has 2 aromatic heterocycles. The van der Waals surface area contributed by atoms with Crippen molar-refractivity contribution in [2.24, 2.45) is 0 Å². The molecule has 1 atom stereocenters. The number of aromatic nitrogens is 4. The fourth-order valence-corrected chi connectivity index (χ4v) is 2.72. The van der Waals surface area contributed by atoms with Crippen LogP contribution in [0, 0.1) is 6.92 Å². The molecule has 6 nitrogen and oxygen atoms in total. The van der Waals surface area contributed by atoms with E-state index < -0.39 is 22.9 Å². The van der Waals surface area contributed by atoms with E-state index in [1.807, 2.05) is 13.1 Å². The maximum atomic E-state index is 12.9. The minimum absolute atomic E-state index is 0.0991. The smallest absolute Gasteiger partial charge is 0.339 e. The zero-order chi connectivity index (χ0) is 18.9. The highest BCUT2D eigenvalue weighted by Gasteiger charge is 2.39. The van der Waals surface area contributed by atoms with Gasteiger partial charge in [-0.3, -0.25) is 14.2 Å². The van der Waals surface area contributed by atoms with Crippen LogP contribution in [-0.2, 0) is 24.1 Å². The van der Waals surface area contributed by atoms with Crippen LogP contribution >= 0.6 is 11.6 Å². The molecule has 1 amide bonds. The molecule has 0 saturated heterocycles. The van der Waals surface area contributed by atoms with Crippen LogP contribution in [0.2, 0.25) is 5.02 Å². The number of carbonyl (C=O) groups excluding carboxylic acids is 1. The number of amides is 1. The molecule has 0 radical (unpaired) electrons. The van der Waals surface area contributed by atoms with Gasteiger partial charge in [-0.25, -0.2) is 0 Å². The first kappa shape index (κ1) is 19.3. The Morgan fingerprint density at radius 3 is 2.56 bits per heavy atom. The summed E-state index contributed by atoms with van der Waals surface area (Å²) in [4.78, 5) is 14.0. The Hall–Kier alpha value is -2.03. The fraction of sp³-hybridized carbons (Fsp3) is 0.533. The average molecular weight is 378 g/mol. The standard InChI is InChI=1S/C15H19ClF3N5O/c1-5-23-8-11(6-20-23)7-22(4)14(25)10(3)24-9(2)12(16)13(21-24)15(17,18)19/h6,8,10H,5,7H2,1-4H3/t10-/m0/s1. The molecule has 138 valence electrons. The van der Waals surface area contributed by atoms with Gasteiger partial charge in [0.1, 0.15) is 6.04 Å². The van der Waals surface area contributed by atoms with Gasteiger partial charge in [-0.15, -0.1) is 0 Å². The molecule has 0 aliphatic carbocycles. The third-order valence-corrected chi connectivity index (χ3v) is 4.33. The van der Waals surface area contributed by atoms with Gasteiger partial charge in [-0.2, -0.15) is 23.4 Å². The molecular formula is C15H19ClF3N5O. The van der Waals surface area contributed by atoms with Gasteiger partial charge >= 0.3 is 6.18 Å². The molecule has 0 aromatic carbocycles. The van der Waals surface area contributed by atoms with Crippen LogP contribution in [0.1, 0.15) is 36.8 Å².